The normalized spacial score (nSPS) is 17.1. The number of nitrogens with one attached hydrogen (secondary N) is 2. The fourth-order valence-electron chi connectivity index (χ4n) is 1.94. The van der Waals surface area contributed by atoms with E-state index in [1.165, 1.54) is 11.3 Å². The van der Waals surface area contributed by atoms with Gasteiger partial charge in [0.05, 0.1) is 0 Å². The highest BCUT2D eigenvalue weighted by molar-refractivity contribution is 7.89. The van der Waals surface area contributed by atoms with Crippen LogP contribution in [-0.2, 0) is 16.6 Å². The average Bonchev–Trinajstić information content (AvgIpc) is 2.55. The van der Waals surface area contributed by atoms with Gasteiger partial charge in [-0.25, -0.2) is 13.1 Å². The van der Waals surface area contributed by atoms with Crippen molar-refractivity contribution in [2.24, 2.45) is 0 Å². The monoisotopic (exact) mass is 274 g/mol. The van der Waals surface area contributed by atoms with Crippen LogP contribution in [0.2, 0.25) is 0 Å². The summed E-state index contributed by atoms with van der Waals surface area (Å²) in [4.78, 5) is 1.36. The first kappa shape index (κ1) is 13.0. The van der Waals surface area contributed by atoms with Crippen LogP contribution in [0.15, 0.2) is 10.3 Å². The zero-order valence-electron chi connectivity index (χ0n) is 10.1. The molecule has 0 aliphatic heterocycles. The van der Waals surface area contributed by atoms with Crippen LogP contribution in [0.4, 0.5) is 0 Å². The van der Waals surface area contributed by atoms with E-state index in [1.54, 1.807) is 0 Å². The van der Waals surface area contributed by atoms with Gasteiger partial charge in [-0.2, -0.15) is 0 Å². The van der Waals surface area contributed by atoms with Gasteiger partial charge in [0, 0.05) is 17.5 Å². The van der Waals surface area contributed by atoms with Crippen LogP contribution in [0.25, 0.3) is 0 Å². The molecule has 1 aromatic heterocycles. The SMILES string of the molecule is CNCc1scc(C)c1S(=O)(=O)NC1CCC1. The van der Waals surface area contributed by atoms with Crippen molar-refractivity contribution in [3.63, 3.8) is 0 Å². The second-order valence-corrected chi connectivity index (χ2v) is 7.07. The van der Waals surface area contributed by atoms with Crippen LogP contribution in [0.5, 0.6) is 0 Å². The molecule has 0 amide bonds. The third-order valence-corrected chi connectivity index (χ3v) is 6.01. The smallest absolute Gasteiger partial charge is 0.242 e. The van der Waals surface area contributed by atoms with Crippen LogP contribution in [0.3, 0.4) is 0 Å². The van der Waals surface area contributed by atoms with Gasteiger partial charge in [0.1, 0.15) is 4.90 Å². The van der Waals surface area contributed by atoms with E-state index in [1.807, 2.05) is 19.4 Å². The van der Waals surface area contributed by atoms with E-state index >= 15 is 0 Å². The Kier molecular flexibility index (Phi) is 3.87. The molecule has 1 aliphatic rings. The van der Waals surface area contributed by atoms with Gasteiger partial charge in [0.25, 0.3) is 0 Å². The third kappa shape index (κ3) is 2.70. The zero-order chi connectivity index (χ0) is 12.5. The summed E-state index contributed by atoms with van der Waals surface area (Å²) >= 11 is 1.50. The van der Waals surface area contributed by atoms with Gasteiger partial charge in [-0.15, -0.1) is 11.3 Å². The highest BCUT2D eigenvalue weighted by Crippen LogP contribution is 2.28. The van der Waals surface area contributed by atoms with Crippen molar-refractivity contribution in [1.82, 2.24) is 10.0 Å². The van der Waals surface area contributed by atoms with Crippen molar-refractivity contribution in [1.29, 1.82) is 0 Å². The molecule has 0 spiro atoms. The molecular formula is C11H18N2O2S2. The van der Waals surface area contributed by atoms with Crippen LogP contribution >= 0.6 is 11.3 Å². The van der Waals surface area contributed by atoms with Crippen LogP contribution in [0, 0.1) is 6.92 Å². The van der Waals surface area contributed by atoms with E-state index in [4.69, 9.17) is 0 Å². The Bertz CT molecular complexity index is 490. The van der Waals surface area contributed by atoms with Crippen molar-refractivity contribution in [3.05, 3.63) is 15.8 Å². The zero-order valence-corrected chi connectivity index (χ0v) is 11.7. The molecule has 1 aliphatic carbocycles. The van der Waals surface area contributed by atoms with Gasteiger partial charge in [-0.1, -0.05) is 6.42 Å². The summed E-state index contributed by atoms with van der Waals surface area (Å²) in [6.45, 7) is 2.45. The number of thiophene rings is 1. The second-order valence-electron chi connectivity index (χ2n) is 4.45. The topological polar surface area (TPSA) is 58.2 Å². The lowest BCUT2D eigenvalue weighted by Crippen LogP contribution is -2.39. The van der Waals surface area contributed by atoms with E-state index in [2.05, 4.69) is 10.0 Å². The van der Waals surface area contributed by atoms with E-state index < -0.39 is 10.0 Å². The largest absolute Gasteiger partial charge is 0.315 e. The molecule has 0 bridgehead atoms. The summed E-state index contributed by atoms with van der Waals surface area (Å²) < 4.78 is 27.3. The lowest BCUT2D eigenvalue weighted by atomic mass is 9.94. The summed E-state index contributed by atoms with van der Waals surface area (Å²) in [5.41, 5.74) is 0.840. The molecule has 2 rings (SSSR count). The quantitative estimate of drug-likeness (QED) is 0.857. The Hall–Kier alpha value is -0.430. The van der Waals surface area contributed by atoms with Gasteiger partial charge < -0.3 is 5.32 Å². The molecule has 0 unspecified atom stereocenters. The second kappa shape index (κ2) is 5.06. The van der Waals surface area contributed by atoms with Crippen molar-refractivity contribution in [2.45, 2.75) is 43.7 Å². The Morgan fingerprint density at radius 3 is 2.71 bits per heavy atom. The molecule has 6 heteroatoms. The number of aryl methyl sites for hydroxylation is 1. The van der Waals surface area contributed by atoms with E-state index in [9.17, 15) is 8.42 Å². The van der Waals surface area contributed by atoms with Gasteiger partial charge >= 0.3 is 0 Å². The lowest BCUT2D eigenvalue weighted by molar-refractivity contribution is 0.383. The van der Waals surface area contributed by atoms with Crippen molar-refractivity contribution >= 4 is 21.4 Å². The third-order valence-electron chi connectivity index (χ3n) is 3.02. The minimum absolute atomic E-state index is 0.140. The fourth-order valence-corrected chi connectivity index (χ4v) is 5.06. The highest BCUT2D eigenvalue weighted by Gasteiger charge is 2.28. The number of sulfonamides is 1. The average molecular weight is 274 g/mol. The standard InChI is InChI=1S/C11H18N2O2S2/c1-8-7-16-10(6-12-2)11(8)17(14,15)13-9-4-3-5-9/h7,9,12-13H,3-6H2,1-2H3. The number of rotatable bonds is 5. The molecule has 17 heavy (non-hydrogen) atoms. The van der Waals surface area contributed by atoms with Gasteiger partial charge in [0.15, 0.2) is 0 Å². The van der Waals surface area contributed by atoms with Crippen LogP contribution in [-0.4, -0.2) is 21.5 Å². The summed E-state index contributed by atoms with van der Waals surface area (Å²) in [6.07, 6.45) is 3.05. The number of hydrogen-bond acceptors (Lipinski definition) is 4. The van der Waals surface area contributed by atoms with E-state index in [0.717, 1.165) is 29.7 Å². The molecule has 0 atom stereocenters. The van der Waals surface area contributed by atoms with Crippen molar-refractivity contribution in [2.75, 3.05) is 7.05 Å². The lowest BCUT2D eigenvalue weighted by Gasteiger charge is -2.26. The maximum Gasteiger partial charge on any atom is 0.242 e. The fraction of sp³-hybridized carbons (Fsp3) is 0.636. The first-order valence-electron chi connectivity index (χ1n) is 5.78. The number of hydrogen-bond donors (Lipinski definition) is 2. The predicted molar refractivity (Wildman–Crippen MR) is 69.8 cm³/mol. The molecule has 1 saturated carbocycles. The molecular weight excluding hydrogens is 256 g/mol. The molecule has 1 heterocycles. The predicted octanol–water partition coefficient (Wildman–Crippen LogP) is 1.61. The Morgan fingerprint density at radius 2 is 2.18 bits per heavy atom. The minimum Gasteiger partial charge on any atom is -0.315 e. The van der Waals surface area contributed by atoms with Gasteiger partial charge in [0.2, 0.25) is 10.0 Å². The first-order valence-corrected chi connectivity index (χ1v) is 8.15. The summed E-state index contributed by atoms with van der Waals surface area (Å²) in [7, 11) is -1.52. The Labute approximate surface area is 106 Å². The maximum absolute atomic E-state index is 12.3. The first-order chi connectivity index (χ1) is 8.04. The van der Waals surface area contributed by atoms with E-state index in [-0.39, 0.29) is 6.04 Å². The van der Waals surface area contributed by atoms with Crippen LogP contribution in [0.1, 0.15) is 29.7 Å². The molecule has 1 aromatic rings. The molecule has 0 saturated heterocycles. The molecule has 96 valence electrons. The maximum atomic E-state index is 12.3. The Balaban J connectivity index is 2.27. The summed E-state index contributed by atoms with van der Waals surface area (Å²) in [5, 5.41) is 4.91. The molecule has 1 fully saturated rings. The van der Waals surface area contributed by atoms with Crippen molar-refractivity contribution in [3.8, 4) is 0 Å². The Morgan fingerprint density at radius 1 is 1.47 bits per heavy atom. The molecule has 4 nitrogen and oxygen atoms in total. The van der Waals surface area contributed by atoms with Crippen LogP contribution < -0.4 is 10.0 Å². The summed E-state index contributed by atoms with van der Waals surface area (Å²) in [6, 6.07) is 0.140. The molecule has 0 aromatic carbocycles. The molecule has 0 radical (unpaired) electrons. The minimum atomic E-state index is -3.34. The van der Waals surface area contributed by atoms with E-state index in [0.29, 0.717) is 11.4 Å². The highest BCUT2D eigenvalue weighted by atomic mass is 32.2. The van der Waals surface area contributed by atoms with Gasteiger partial charge in [-0.05, 0) is 37.8 Å². The van der Waals surface area contributed by atoms with Crippen molar-refractivity contribution < 1.29 is 8.42 Å². The summed E-state index contributed by atoms with van der Waals surface area (Å²) in [5.74, 6) is 0. The molecule has 2 N–H and O–H groups in total. The van der Waals surface area contributed by atoms with Gasteiger partial charge in [-0.3, -0.25) is 0 Å².